The van der Waals surface area contributed by atoms with Crippen molar-refractivity contribution >= 4 is 11.9 Å². The standard InChI is InChI=1S/C34H42O5/c1-26(2)13-10-14-27(3)15-11-16-28(4)22-24-34(32(35)36,33(37)38)23-9-8-17-29-18-12-21-31(25-29)39-30-19-6-5-7-20-30/h5-6,12-13,15,18-19,21-22,25H,8-11,14,16-17,23-24H2,1-4H3,(H,35,36)(H,37,38)/b27-15+,28-22+. The summed E-state index contributed by atoms with van der Waals surface area (Å²) in [5, 5.41) is 19.8. The molecule has 0 heterocycles. The van der Waals surface area contributed by atoms with E-state index in [4.69, 9.17) is 4.74 Å². The number of carboxylic acids is 2. The number of carboxylic acid groups (broad SMARTS) is 2. The van der Waals surface area contributed by atoms with Crippen LogP contribution in [0.25, 0.3) is 0 Å². The first-order valence-corrected chi connectivity index (χ1v) is 13.7. The molecule has 0 amide bonds. The Hall–Kier alpha value is -3.78. The molecule has 0 saturated carbocycles. The van der Waals surface area contributed by atoms with Crippen molar-refractivity contribution in [1.82, 2.24) is 0 Å². The Balaban J connectivity index is 1.91. The Kier molecular flexibility index (Phi) is 13.1. The van der Waals surface area contributed by atoms with E-state index in [0.717, 1.165) is 36.8 Å². The number of hydrogen-bond acceptors (Lipinski definition) is 3. The highest BCUT2D eigenvalue weighted by Crippen LogP contribution is 2.32. The van der Waals surface area contributed by atoms with Crippen LogP contribution in [0, 0.1) is 17.5 Å². The molecule has 2 aromatic carbocycles. The molecule has 208 valence electrons. The summed E-state index contributed by atoms with van der Waals surface area (Å²) in [6.45, 7) is 8.27. The highest BCUT2D eigenvalue weighted by molar-refractivity contribution is 5.98. The number of benzene rings is 1. The topological polar surface area (TPSA) is 83.8 Å². The second-order valence-corrected chi connectivity index (χ2v) is 10.5. The molecule has 5 nitrogen and oxygen atoms in total. The second-order valence-electron chi connectivity index (χ2n) is 10.5. The monoisotopic (exact) mass is 530 g/mol. The second kappa shape index (κ2) is 16.2. The van der Waals surface area contributed by atoms with Gasteiger partial charge in [-0.1, -0.05) is 59.6 Å². The van der Waals surface area contributed by atoms with Gasteiger partial charge in [-0.05, 0) is 121 Å². The summed E-state index contributed by atoms with van der Waals surface area (Å²) < 4.78 is 5.81. The minimum Gasteiger partial charge on any atom is -0.480 e. The summed E-state index contributed by atoms with van der Waals surface area (Å²) in [6, 6.07) is 18.8. The Morgan fingerprint density at radius 3 is 2.23 bits per heavy atom. The highest BCUT2D eigenvalue weighted by Gasteiger charge is 2.45. The lowest BCUT2D eigenvalue weighted by Crippen LogP contribution is -2.39. The fourth-order valence-electron chi connectivity index (χ4n) is 4.31. The summed E-state index contributed by atoms with van der Waals surface area (Å²) in [7, 11) is 0. The van der Waals surface area contributed by atoms with Gasteiger partial charge in [0.05, 0.1) is 0 Å². The zero-order valence-electron chi connectivity index (χ0n) is 23.8. The van der Waals surface area contributed by atoms with Gasteiger partial charge in [0.25, 0.3) is 0 Å². The summed E-state index contributed by atoms with van der Waals surface area (Å²) in [6.07, 6.45) is 11.9. The van der Waals surface area contributed by atoms with Crippen molar-refractivity contribution in [2.24, 2.45) is 5.41 Å². The average Bonchev–Trinajstić information content (AvgIpc) is 2.88. The summed E-state index contributed by atoms with van der Waals surface area (Å²) in [5.41, 5.74) is 2.90. The fourth-order valence-corrected chi connectivity index (χ4v) is 4.31. The van der Waals surface area contributed by atoms with Crippen molar-refractivity contribution in [2.75, 3.05) is 0 Å². The van der Waals surface area contributed by atoms with Gasteiger partial charge in [-0.2, -0.15) is 0 Å². The molecule has 0 bridgehead atoms. The predicted octanol–water partition coefficient (Wildman–Crippen LogP) is 8.76. The minimum atomic E-state index is -1.82. The van der Waals surface area contributed by atoms with Crippen LogP contribution in [0.2, 0.25) is 0 Å². The number of ether oxygens (including phenoxy) is 1. The van der Waals surface area contributed by atoms with Crippen molar-refractivity contribution < 1.29 is 24.5 Å². The maximum absolute atomic E-state index is 12.2. The van der Waals surface area contributed by atoms with Gasteiger partial charge in [0.15, 0.2) is 11.2 Å². The number of allylic oxidation sites excluding steroid dienone is 6. The molecule has 0 fully saturated rings. The zero-order chi connectivity index (χ0) is 28.7. The molecule has 5 heteroatoms. The van der Waals surface area contributed by atoms with E-state index in [9.17, 15) is 19.8 Å². The first-order valence-electron chi connectivity index (χ1n) is 13.7. The van der Waals surface area contributed by atoms with Crippen LogP contribution < -0.4 is 4.74 Å². The Morgan fingerprint density at radius 1 is 0.897 bits per heavy atom. The molecular weight excluding hydrogens is 488 g/mol. The van der Waals surface area contributed by atoms with Crippen molar-refractivity contribution in [2.45, 2.75) is 85.5 Å². The van der Waals surface area contributed by atoms with Crippen LogP contribution in [-0.2, 0) is 16.0 Å². The minimum absolute atomic E-state index is 0.0132. The Labute approximate surface area is 233 Å². The van der Waals surface area contributed by atoms with Crippen LogP contribution in [0.4, 0.5) is 0 Å². The van der Waals surface area contributed by atoms with Crippen LogP contribution in [0.15, 0.2) is 77.4 Å². The quantitative estimate of drug-likeness (QED) is 0.121. The average molecular weight is 531 g/mol. The molecule has 0 aliphatic carbocycles. The van der Waals surface area contributed by atoms with Gasteiger partial charge in [-0.25, -0.2) is 0 Å². The summed E-state index contributed by atoms with van der Waals surface area (Å²) in [5.74, 6) is -1.29. The zero-order valence-corrected chi connectivity index (χ0v) is 23.8. The first kappa shape index (κ1) is 31.4. The summed E-state index contributed by atoms with van der Waals surface area (Å²) in [4.78, 5) is 24.3. The normalized spacial score (nSPS) is 12.0. The van der Waals surface area contributed by atoms with Gasteiger partial charge in [-0.15, -0.1) is 0 Å². The Morgan fingerprint density at radius 2 is 1.59 bits per heavy atom. The Bertz CT molecular complexity index is 1140. The molecule has 0 unspecified atom stereocenters. The SMILES string of the molecule is CC(C)=CCC/C(C)=C/CC/C(C)=C/CC(CCCCc1cccc(Oc2c#cccc2)c1)(C(=O)O)C(=O)O. The molecular formula is C34H42O5. The molecule has 0 radical (unpaired) electrons. The molecule has 0 saturated heterocycles. The number of carbonyl (C=O) groups is 2. The van der Waals surface area contributed by atoms with Crippen molar-refractivity contribution in [3.8, 4) is 11.5 Å². The number of rotatable bonds is 17. The van der Waals surface area contributed by atoms with E-state index in [1.165, 1.54) is 11.1 Å². The van der Waals surface area contributed by atoms with Crippen LogP contribution in [-0.4, -0.2) is 22.2 Å². The van der Waals surface area contributed by atoms with Crippen molar-refractivity contribution in [3.05, 3.63) is 95.1 Å². The van der Waals surface area contributed by atoms with Gasteiger partial charge in [0, 0.05) is 0 Å². The lowest BCUT2D eigenvalue weighted by Gasteiger charge is -2.24. The molecule has 39 heavy (non-hydrogen) atoms. The van der Waals surface area contributed by atoms with Crippen molar-refractivity contribution in [3.63, 3.8) is 0 Å². The van der Waals surface area contributed by atoms with E-state index in [-0.39, 0.29) is 12.8 Å². The van der Waals surface area contributed by atoms with Gasteiger partial charge >= 0.3 is 11.9 Å². The smallest absolute Gasteiger partial charge is 0.321 e. The van der Waals surface area contributed by atoms with Crippen LogP contribution in [0.3, 0.4) is 0 Å². The van der Waals surface area contributed by atoms with Gasteiger partial charge in [0.1, 0.15) is 5.75 Å². The maximum Gasteiger partial charge on any atom is 0.321 e. The van der Waals surface area contributed by atoms with Gasteiger partial charge in [-0.3, -0.25) is 9.59 Å². The third-order valence-electron chi connectivity index (χ3n) is 6.81. The molecule has 2 N–H and O–H groups in total. The number of aryl methyl sites for hydroxylation is 1. The third-order valence-corrected chi connectivity index (χ3v) is 6.81. The van der Waals surface area contributed by atoms with E-state index in [2.05, 4.69) is 45.1 Å². The van der Waals surface area contributed by atoms with Crippen LogP contribution in [0.5, 0.6) is 11.5 Å². The van der Waals surface area contributed by atoms with Gasteiger partial charge in [0.2, 0.25) is 0 Å². The lowest BCUT2D eigenvalue weighted by molar-refractivity contribution is -0.165. The lowest BCUT2D eigenvalue weighted by atomic mass is 9.78. The molecule has 0 aliphatic rings. The predicted molar refractivity (Wildman–Crippen MR) is 156 cm³/mol. The number of unbranched alkanes of at least 4 members (excludes halogenated alkanes) is 1. The van der Waals surface area contributed by atoms with Crippen molar-refractivity contribution in [1.29, 1.82) is 0 Å². The highest BCUT2D eigenvalue weighted by atomic mass is 16.5. The molecule has 0 aromatic heterocycles. The number of aliphatic carboxylic acids is 2. The van der Waals surface area contributed by atoms with E-state index in [1.807, 2.05) is 43.3 Å². The van der Waals surface area contributed by atoms with Crippen LogP contribution >= 0.6 is 0 Å². The van der Waals surface area contributed by atoms with Crippen LogP contribution in [0.1, 0.15) is 84.6 Å². The van der Waals surface area contributed by atoms with E-state index < -0.39 is 17.4 Å². The molecule has 2 rings (SSSR count). The molecule has 0 spiro atoms. The third kappa shape index (κ3) is 11.2. The maximum atomic E-state index is 12.2. The largest absolute Gasteiger partial charge is 0.480 e. The first-order chi connectivity index (χ1) is 18.6. The summed E-state index contributed by atoms with van der Waals surface area (Å²) >= 11 is 0. The van der Waals surface area contributed by atoms with E-state index >= 15 is 0 Å². The molecule has 2 aromatic rings. The van der Waals surface area contributed by atoms with E-state index in [0.29, 0.717) is 30.8 Å². The number of hydrogen-bond donors (Lipinski definition) is 2. The molecule has 0 aliphatic heterocycles. The molecule has 0 atom stereocenters. The van der Waals surface area contributed by atoms with Gasteiger partial charge < -0.3 is 14.9 Å². The van der Waals surface area contributed by atoms with E-state index in [1.54, 1.807) is 12.1 Å². The fraction of sp³-hybridized carbons (Fsp3) is 0.412.